The molecule has 0 radical (unpaired) electrons. The van der Waals surface area contributed by atoms with Crippen LogP contribution in [0.25, 0.3) is 0 Å². The Morgan fingerprint density at radius 3 is 2.56 bits per heavy atom. The number of esters is 1. The second-order valence-corrected chi connectivity index (χ2v) is 6.58. The molecule has 0 saturated carbocycles. The molecule has 0 atom stereocenters. The van der Waals surface area contributed by atoms with Crippen LogP contribution in [0.15, 0.2) is 48.5 Å². The van der Waals surface area contributed by atoms with Crippen molar-refractivity contribution < 1.29 is 9.53 Å². The summed E-state index contributed by atoms with van der Waals surface area (Å²) in [6.45, 7) is 6.46. The van der Waals surface area contributed by atoms with Crippen molar-refractivity contribution in [3.63, 3.8) is 0 Å². The van der Waals surface area contributed by atoms with Gasteiger partial charge in [-0.15, -0.1) is 0 Å². The smallest absolute Gasteiger partial charge is 0.342 e. The Hall–Kier alpha value is -3.39. The predicted molar refractivity (Wildman–Crippen MR) is 102 cm³/mol. The summed E-state index contributed by atoms with van der Waals surface area (Å²) in [5, 5.41) is 13.5. The largest absolute Gasteiger partial charge is 0.457 e. The van der Waals surface area contributed by atoms with Gasteiger partial charge in [-0.1, -0.05) is 42.0 Å². The lowest BCUT2D eigenvalue weighted by Gasteiger charge is -2.07. The normalized spacial score (nSPS) is 10.4. The van der Waals surface area contributed by atoms with Crippen LogP contribution in [0.3, 0.4) is 0 Å². The maximum Gasteiger partial charge on any atom is 0.342 e. The summed E-state index contributed by atoms with van der Waals surface area (Å²) >= 11 is 0. The molecular weight excluding hydrogens is 338 g/mol. The third-order valence-electron chi connectivity index (χ3n) is 4.46. The van der Waals surface area contributed by atoms with E-state index in [0.29, 0.717) is 23.4 Å². The van der Waals surface area contributed by atoms with Crippen LogP contribution in [-0.2, 0) is 17.9 Å². The zero-order chi connectivity index (χ0) is 19.4. The van der Waals surface area contributed by atoms with Gasteiger partial charge in [0.2, 0.25) is 0 Å². The molecule has 5 nitrogen and oxygen atoms in total. The Morgan fingerprint density at radius 2 is 1.85 bits per heavy atom. The number of aryl methyl sites for hydroxylation is 2. The highest BCUT2D eigenvalue weighted by Gasteiger charge is 2.20. The molecule has 136 valence electrons. The van der Waals surface area contributed by atoms with E-state index in [0.717, 1.165) is 16.8 Å². The lowest BCUT2D eigenvalue weighted by molar-refractivity contribution is 0.0471. The average molecular weight is 359 g/mol. The van der Waals surface area contributed by atoms with E-state index in [1.165, 1.54) is 5.56 Å². The van der Waals surface area contributed by atoms with E-state index >= 15 is 0 Å². The number of carbonyl (C=O) groups is 1. The highest BCUT2D eigenvalue weighted by Crippen LogP contribution is 2.17. The predicted octanol–water partition coefficient (Wildman–Crippen LogP) is 4.09. The molecule has 5 heteroatoms. The maximum atomic E-state index is 12.6. The van der Waals surface area contributed by atoms with Gasteiger partial charge in [0.1, 0.15) is 12.2 Å². The molecule has 0 spiro atoms. The van der Waals surface area contributed by atoms with Crippen molar-refractivity contribution in [1.29, 1.82) is 5.26 Å². The van der Waals surface area contributed by atoms with Crippen LogP contribution in [-0.4, -0.2) is 15.7 Å². The number of carbonyl (C=O) groups excluding carboxylic acids is 1. The van der Waals surface area contributed by atoms with Gasteiger partial charge in [-0.2, -0.15) is 10.4 Å². The molecule has 27 heavy (non-hydrogen) atoms. The van der Waals surface area contributed by atoms with Crippen molar-refractivity contribution in [2.24, 2.45) is 0 Å². The zero-order valence-electron chi connectivity index (χ0n) is 15.7. The monoisotopic (exact) mass is 359 g/mol. The molecule has 3 aromatic rings. The van der Waals surface area contributed by atoms with Crippen molar-refractivity contribution in [1.82, 2.24) is 9.78 Å². The number of rotatable bonds is 5. The summed E-state index contributed by atoms with van der Waals surface area (Å²) in [6.07, 6.45) is 0. The average Bonchev–Trinajstić information content (AvgIpc) is 2.95. The Kier molecular flexibility index (Phi) is 5.37. The first-order valence-corrected chi connectivity index (χ1v) is 8.73. The fraction of sp³-hybridized carbons (Fsp3) is 0.227. The van der Waals surface area contributed by atoms with Gasteiger partial charge < -0.3 is 4.74 Å². The van der Waals surface area contributed by atoms with E-state index < -0.39 is 5.97 Å². The third kappa shape index (κ3) is 4.24. The first-order chi connectivity index (χ1) is 13.0. The standard InChI is InChI=1S/C22H21N3O2/c1-15-7-9-18(10-8-15)13-25-17(3)21(16(2)24-25)22(26)27-14-20-6-4-5-19(11-20)12-23/h4-11H,13-14H2,1-3H3. The molecule has 0 unspecified atom stereocenters. The molecule has 0 N–H and O–H groups in total. The maximum absolute atomic E-state index is 12.6. The minimum Gasteiger partial charge on any atom is -0.457 e. The summed E-state index contributed by atoms with van der Waals surface area (Å²) in [5.74, 6) is -0.400. The van der Waals surface area contributed by atoms with E-state index in [9.17, 15) is 4.79 Å². The first kappa shape index (κ1) is 18.4. The molecule has 2 aromatic carbocycles. The van der Waals surface area contributed by atoms with Gasteiger partial charge in [-0.3, -0.25) is 4.68 Å². The fourth-order valence-corrected chi connectivity index (χ4v) is 2.96. The number of nitrogens with zero attached hydrogens (tertiary/aromatic N) is 3. The van der Waals surface area contributed by atoms with E-state index in [1.54, 1.807) is 18.2 Å². The topological polar surface area (TPSA) is 67.9 Å². The molecule has 0 fully saturated rings. The van der Waals surface area contributed by atoms with E-state index in [4.69, 9.17) is 10.00 Å². The summed E-state index contributed by atoms with van der Waals surface area (Å²) < 4.78 is 7.28. The van der Waals surface area contributed by atoms with Gasteiger partial charge >= 0.3 is 5.97 Å². The lowest BCUT2D eigenvalue weighted by atomic mass is 10.1. The fourth-order valence-electron chi connectivity index (χ4n) is 2.96. The minimum atomic E-state index is -0.400. The highest BCUT2D eigenvalue weighted by molar-refractivity contribution is 5.91. The minimum absolute atomic E-state index is 0.121. The lowest BCUT2D eigenvalue weighted by Crippen LogP contribution is -2.09. The van der Waals surface area contributed by atoms with Crippen molar-refractivity contribution in [2.45, 2.75) is 33.9 Å². The van der Waals surface area contributed by atoms with E-state index in [2.05, 4.69) is 35.4 Å². The van der Waals surface area contributed by atoms with Crippen LogP contribution in [0.2, 0.25) is 0 Å². The van der Waals surface area contributed by atoms with Gasteiger partial charge in [0, 0.05) is 0 Å². The number of hydrogen-bond acceptors (Lipinski definition) is 4. The van der Waals surface area contributed by atoms with Crippen LogP contribution in [0.5, 0.6) is 0 Å². The van der Waals surface area contributed by atoms with Crippen LogP contribution < -0.4 is 0 Å². The second-order valence-electron chi connectivity index (χ2n) is 6.58. The van der Waals surface area contributed by atoms with E-state index in [1.807, 2.05) is 31.5 Å². The van der Waals surface area contributed by atoms with Crippen LogP contribution in [0, 0.1) is 32.1 Å². The number of hydrogen-bond donors (Lipinski definition) is 0. The van der Waals surface area contributed by atoms with E-state index in [-0.39, 0.29) is 6.61 Å². The molecule has 3 rings (SSSR count). The molecule has 0 aliphatic carbocycles. The Morgan fingerprint density at radius 1 is 1.11 bits per heavy atom. The van der Waals surface area contributed by atoms with Crippen molar-refractivity contribution in [2.75, 3.05) is 0 Å². The van der Waals surface area contributed by atoms with Gasteiger partial charge in [0.05, 0.1) is 29.6 Å². The van der Waals surface area contributed by atoms with Crippen molar-refractivity contribution >= 4 is 5.97 Å². The van der Waals surface area contributed by atoms with Crippen LogP contribution >= 0.6 is 0 Å². The van der Waals surface area contributed by atoms with Gasteiger partial charge in [-0.25, -0.2) is 4.79 Å². The Labute approximate surface area is 158 Å². The second kappa shape index (κ2) is 7.88. The van der Waals surface area contributed by atoms with Crippen LogP contribution in [0.4, 0.5) is 0 Å². The Balaban J connectivity index is 1.74. The molecule has 1 aromatic heterocycles. The van der Waals surface area contributed by atoms with Crippen molar-refractivity contribution in [3.05, 3.63) is 87.7 Å². The van der Waals surface area contributed by atoms with Crippen molar-refractivity contribution in [3.8, 4) is 6.07 Å². The summed E-state index contributed by atoms with van der Waals surface area (Å²) in [5.41, 5.74) is 5.58. The Bertz CT molecular complexity index is 1010. The number of nitriles is 1. The van der Waals surface area contributed by atoms with Gasteiger partial charge in [0.15, 0.2) is 0 Å². The quantitative estimate of drug-likeness (QED) is 0.644. The zero-order valence-corrected chi connectivity index (χ0v) is 15.7. The van der Waals surface area contributed by atoms with Gasteiger partial charge in [0.25, 0.3) is 0 Å². The summed E-state index contributed by atoms with van der Waals surface area (Å²) in [7, 11) is 0. The first-order valence-electron chi connectivity index (χ1n) is 8.73. The summed E-state index contributed by atoms with van der Waals surface area (Å²) in [6, 6.07) is 17.4. The molecule has 0 aliphatic heterocycles. The molecular formula is C22H21N3O2. The number of aromatic nitrogens is 2. The number of benzene rings is 2. The molecule has 0 amide bonds. The molecule has 1 heterocycles. The molecule has 0 saturated heterocycles. The SMILES string of the molecule is Cc1ccc(Cn2nc(C)c(C(=O)OCc3cccc(C#N)c3)c2C)cc1. The van der Waals surface area contributed by atoms with Crippen LogP contribution in [0.1, 0.15) is 44.0 Å². The molecule has 0 bridgehead atoms. The van der Waals surface area contributed by atoms with Gasteiger partial charge in [-0.05, 0) is 44.0 Å². The third-order valence-corrected chi connectivity index (χ3v) is 4.46. The molecule has 0 aliphatic rings. The summed E-state index contributed by atoms with van der Waals surface area (Å²) in [4.78, 5) is 12.6. The highest BCUT2D eigenvalue weighted by atomic mass is 16.5. The number of ether oxygens (including phenoxy) is 1.